The molecule has 0 saturated carbocycles. The predicted octanol–water partition coefficient (Wildman–Crippen LogP) is -0.150. The second kappa shape index (κ2) is 6.91. The molecule has 0 unspecified atom stereocenters. The number of hydrogen-bond acceptors (Lipinski definition) is 6. The van der Waals surface area contributed by atoms with Gasteiger partial charge in [0.2, 0.25) is 5.91 Å². The number of nitrogens with one attached hydrogen (secondary N) is 2. The minimum Gasteiger partial charge on any atom is -0.310 e. The molecule has 3 rings (SSSR count). The number of rotatable bonds is 5. The zero-order valence-electron chi connectivity index (χ0n) is 13.3. The number of H-pyrrole nitrogens is 1. The molecule has 128 valence electrons. The molecule has 0 spiro atoms. The van der Waals surface area contributed by atoms with Gasteiger partial charge < -0.3 is 9.88 Å². The number of carbonyl (C=O) groups is 1. The minimum atomic E-state index is -0.555. The lowest BCUT2D eigenvalue weighted by Crippen LogP contribution is -2.29. The van der Waals surface area contributed by atoms with Crippen molar-refractivity contribution in [3.05, 3.63) is 63.7 Å². The number of carbonyl (C=O) groups excluding carboxylic acids is 1. The molecule has 25 heavy (non-hydrogen) atoms. The van der Waals surface area contributed by atoms with Crippen molar-refractivity contribution >= 4 is 11.7 Å². The molecule has 0 aliphatic carbocycles. The summed E-state index contributed by atoms with van der Waals surface area (Å²) in [7, 11) is 0. The molecule has 3 heterocycles. The molecule has 0 bridgehead atoms. The molecule has 0 aliphatic rings. The Bertz CT molecular complexity index is 1020. The van der Waals surface area contributed by atoms with Crippen LogP contribution in [0.25, 0.3) is 5.82 Å². The van der Waals surface area contributed by atoms with Gasteiger partial charge in [0.15, 0.2) is 0 Å². The first-order chi connectivity index (χ1) is 12.0. The molecule has 10 nitrogen and oxygen atoms in total. The van der Waals surface area contributed by atoms with E-state index in [4.69, 9.17) is 0 Å². The second-order valence-corrected chi connectivity index (χ2v) is 5.21. The summed E-state index contributed by atoms with van der Waals surface area (Å²) < 4.78 is 3.01. The smallest absolute Gasteiger partial charge is 0.310 e. The summed E-state index contributed by atoms with van der Waals surface area (Å²) in [5.74, 6) is 1.37. The Labute approximate surface area is 141 Å². The molecule has 10 heteroatoms. The van der Waals surface area contributed by atoms with Crippen molar-refractivity contribution in [2.75, 3.05) is 5.32 Å². The summed E-state index contributed by atoms with van der Waals surface area (Å²) in [4.78, 5) is 49.0. The van der Waals surface area contributed by atoms with Crippen molar-refractivity contribution in [1.29, 1.82) is 0 Å². The van der Waals surface area contributed by atoms with Crippen LogP contribution in [0.3, 0.4) is 0 Å². The van der Waals surface area contributed by atoms with Crippen molar-refractivity contribution < 1.29 is 4.79 Å². The van der Waals surface area contributed by atoms with Gasteiger partial charge in [-0.2, -0.15) is 0 Å². The molecule has 0 fully saturated rings. The van der Waals surface area contributed by atoms with E-state index >= 15 is 0 Å². The van der Waals surface area contributed by atoms with E-state index in [9.17, 15) is 14.4 Å². The number of aryl methyl sites for hydroxylation is 2. The van der Waals surface area contributed by atoms with Gasteiger partial charge in [0.1, 0.15) is 23.8 Å². The predicted molar refractivity (Wildman–Crippen MR) is 88.5 cm³/mol. The van der Waals surface area contributed by atoms with Gasteiger partial charge in [-0.15, -0.1) is 0 Å². The van der Waals surface area contributed by atoms with Crippen molar-refractivity contribution in [3.8, 4) is 5.82 Å². The van der Waals surface area contributed by atoms with E-state index in [0.29, 0.717) is 11.6 Å². The first-order valence-electron chi connectivity index (χ1n) is 7.45. The number of anilines is 1. The molecular formula is C15H15N7O3. The second-order valence-electron chi connectivity index (χ2n) is 5.21. The van der Waals surface area contributed by atoms with E-state index in [0.717, 1.165) is 5.82 Å². The third-order valence-electron chi connectivity index (χ3n) is 3.47. The lowest BCUT2D eigenvalue weighted by atomic mass is 10.3. The molecule has 0 saturated heterocycles. The Balaban J connectivity index is 1.66. The third-order valence-corrected chi connectivity index (χ3v) is 3.47. The average Bonchev–Trinajstić information content (AvgIpc) is 3.00. The van der Waals surface area contributed by atoms with Gasteiger partial charge >= 0.3 is 5.69 Å². The number of aromatic amines is 1. The Kier molecular flexibility index (Phi) is 4.50. The zero-order valence-corrected chi connectivity index (χ0v) is 13.3. The number of nitrogens with zero attached hydrogens (tertiary/aromatic N) is 5. The molecule has 2 N–H and O–H groups in total. The van der Waals surface area contributed by atoms with Crippen LogP contribution in [0.15, 0.2) is 46.6 Å². The summed E-state index contributed by atoms with van der Waals surface area (Å²) >= 11 is 0. The maximum atomic E-state index is 12.1. The Morgan fingerprint density at radius 2 is 2.08 bits per heavy atom. The molecule has 0 aromatic carbocycles. The fraction of sp³-hybridized carbons (Fsp3) is 0.200. The van der Waals surface area contributed by atoms with Gasteiger partial charge in [-0.3, -0.25) is 19.1 Å². The van der Waals surface area contributed by atoms with Crippen molar-refractivity contribution in [3.63, 3.8) is 0 Å². The van der Waals surface area contributed by atoms with E-state index in [1.165, 1.54) is 23.2 Å². The van der Waals surface area contributed by atoms with Crippen LogP contribution in [0.2, 0.25) is 0 Å². The summed E-state index contributed by atoms with van der Waals surface area (Å²) in [6.07, 6.45) is 6.15. The summed E-state index contributed by atoms with van der Waals surface area (Å²) in [5, 5.41) is 2.65. The highest BCUT2D eigenvalue weighted by Crippen LogP contribution is 2.11. The van der Waals surface area contributed by atoms with Crippen LogP contribution >= 0.6 is 0 Å². The van der Waals surface area contributed by atoms with E-state index in [1.54, 1.807) is 23.0 Å². The highest BCUT2D eigenvalue weighted by Gasteiger charge is 2.08. The van der Waals surface area contributed by atoms with E-state index in [-0.39, 0.29) is 18.9 Å². The normalized spacial score (nSPS) is 10.6. The number of imidazole rings is 1. The van der Waals surface area contributed by atoms with E-state index in [2.05, 4.69) is 25.3 Å². The standard InChI is InChI=1S/C15H15N7O3/c1-10-16-4-7-22(10)12-8-11(17-9-18-12)19-13(23)2-5-21-6-3-14(24)20-15(21)25/h3-4,6-9H,2,5H2,1H3,(H,20,24,25)(H,17,18,19,23). The largest absolute Gasteiger partial charge is 0.328 e. The summed E-state index contributed by atoms with van der Waals surface area (Å²) in [6.45, 7) is 1.97. The Morgan fingerprint density at radius 3 is 2.80 bits per heavy atom. The SMILES string of the molecule is Cc1nccn1-c1cc(NC(=O)CCn2ccc(=O)[nH]c2=O)ncn1. The van der Waals surface area contributed by atoms with Crippen LogP contribution in [0.4, 0.5) is 5.82 Å². The molecule has 0 radical (unpaired) electrons. The average molecular weight is 341 g/mol. The van der Waals surface area contributed by atoms with Crippen LogP contribution in [-0.4, -0.2) is 35.0 Å². The number of aromatic nitrogens is 6. The highest BCUT2D eigenvalue weighted by atomic mass is 16.2. The van der Waals surface area contributed by atoms with Gasteiger partial charge in [-0.1, -0.05) is 0 Å². The first-order valence-corrected chi connectivity index (χ1v) is 7.45. The van der Waals surface area contributed by atoms with Gasteiger partial charge in [-0.05, 0) is 6.92 Å². The zero-order chi connectivity index (χ0) is 17.8. The summed E-state index contributed by atoms with van der Waals surface area (Å²) in [6, 6.07) is 2.85. The highest BCUT2D eigenvalue weighted by molar-refractivity contribution is 5.89. The van der Waals surface area contributed by atoms with Gasteiger partial charge in [-0.25, -0.2) is 19.7 Å². The van der Waals surface area contributed by atoms with Crippen molar-refractivity contribution in [1.82, 2.24) is 29.1 Å². The number of hydrogen-bond donors (Lipinski definition) is 2. The van der Waals surface area contributed by atoms with Crippen LogP contribution in [0, 0.1) is 6.92 Å². The minimum absolute atomic E-state index is 0.0510. The van der Waals surface area contributed by atoms with Gasteiger partial charge in [0, 0.05) is 43.7 Å². The third kappa shape index (κ3) is 3.86. The maximum Gasteiger partial charge on any atom is 0.328 e. The molecule has 3 aromatic rings. The Hall–Kier alpha value is -3.56. The molecule has 1 amide bonds. The monoisotopic (exact) mass is 341 g/mol. The number of amides is 1. The van der Waals surface area contributed by atoms with Gasteiger partial charge in [0.25, 0.3) is 5.56 Å². The van der Waals surface area contributed by atoms with E-state index < -0.39 is 11.2 Å². The maximum absolute atomic E-state index is 12.1. The Morgan fingerprint density at radius 1 is 1.24 bits per heavy atom. The van der Waals surface area contributed by atoms with Crippen molar-refractivity contribution in [2.45, 2.75) is 19.9 Å². The molecular weight excluding hydrogens is 326 g/mol. The first kappa shape index (κ1) is 16.3. The lowest BCUT2D eigenvalue weighted by Gasteiger charge is -2.08. The quantitative estimate of drug-likeness (QED) is 0.664. The molecule has 0 aliphatic heterocycles. The topological polar surface area (TPSA) is 128 Å². The van der Waals surface area contributed by atoms with Crippen molar-refractivity contribution in [2.24, 2.45) is 0 Å². The van der Waals surface area contributed by atoms with Crippen LogP contribution in [0.5, 0.6) is 0 Å². The fourth-order valence-corrected chi connectivity index (χ4v) is 2.21. The molecule has 3 aromatic heterocycles. The molecule has 0 atom stereocenters. The van der Waals surface area contributed by atoms with Gasteiger partial charge in [0.05, 0.1) is 0 Å². The van der Waals surface area contributed by atoms with E-state index in [1.807, 2.05) is 6.92 Å². The fourth-order valence-electron chi connectivity index (χ4n) is 2.21. The summed E-state index contributed by atoms with van der Waals surface area (Å²) in [5.41, 5.74) is -1.03. The lowest BCUT2D eigenvalue weighted by molar-refractivity contribution is -0.116. The van der Waals surface area contributed by atoms with Crippen LogP contribution < -0.4 is 16.6 Å². The van der Waals surface area contributed by atoms with Crippen LogP contribution in [-0.2, 0) is 11.3 Å². The van der Waals surface area contributed by atoms with Crippen LogP contribution in [0.1, 0.15) is 12.2 Å².